The first-order chi connectivity index (χ1) is 10.9. The van der Waals surface area contributed by atoms with Gasteiger partial charge in [0.15, 0.2) is 0 Å². The van der Waals surface area contributed by atoms with E-state index in [1.807, 2.05) is 39.2 Å². The Balaban J connectivity index is 1.73. The monoisotopic (exact) mass is 311 g/mol. The number of nitrogens with zero attached hydrogens (tertiary/aromatic N) is 3. The number of hydrogen-bond donors (Lipinski definition) is 0. The minimum atomic E-state index is -0.266. The first-order valence-electron chi connectivity index (χ1n) is 7.81. The molecule has 1 saturated heterocycles. The second kappa shape index (κ2) is 5.99. The van der Waals surface area contributed by atoms with Crippen LogP contribution in [0.4, 0.5) is 0 Å². The van der Waals surface area contributed by atoms with Crippen molar-refractivity contribution >= 4 is 11.8 Å². The highest BCUT2D eigenvalue weighted by Gasteiger charge is 2.38. The molecule has 0 bridgehead atoms. The molecule has 2 aromatic rings. The van der Waals surface area contributed by atoms with Crippen LogP contribution in [0.15, 0.2) is 30.6 Å². The molecule has 0 spiro atoms. The molecule has 1 aliphatic heterocycles. The Hall–Kier alpha value is -2.43. The van der Waals surface area contributed by atoms with Crippen molar-refractivity contribution in [2.45, 2.75) is 33.2 Å². The van der Waals surface area contributed by atoms with E-state index in [9.17, 15) is 9.59 Å². The van der Waals surface area contributed by atoms with Crippen LogP contribution in [0.5, 0.6) is 0 Å². The molecule has 1 aliphatic rings. The maximum atomic E-state index is 12.6. The van der Waals surface area contributed by atoms with E-state index in [1.165, 1.54) is 4.90 Å². The molecule has 23 heavy (non-hydrogen) atoms. The van der Waals surface area contributed by atoms with E-state index in [0.717, 1.165) is 22.3 Å². The quantitative estimate of drug-likeness (QED) is 0.813. The van der Waals surface area contributed by atoms with Crippen molar-refractivity contribution < 1.29 is 9.59 Å². The van der Waals surface area contributed by atoms with Gasteiger partial charge in [-0.2, -0.15) is 5.10 Å². The zero-order chi connectivity index (χ0) is 16.6. The zero-order valence-corrected chi connectivity index (χ0v) is 13.7. The van der Waals surface area contributed by atoms with Gasteiger partial charge in [0.25, 0.3) is 0 Å². The smallest absolute Gasteiger partial charge is 0.233 e. The lowest BCUT2D eigenvalue weighted by Gasteiger charge is -2.16. The summed E-state index contributed by atoms with van der Waals surface area (Å²) >= 11 is 0. The standard InChI is InChI=1S/C18H21N3O2/c1-12-4-13(2)6-14(5-12)11-21-17(22)8-16(18(21)23)7-15-9-19-20(3)10-15/h4-6,9-10,16H,7-8,11H2,1-3H3. The van der Waals surface area contributed by atoms with Gasteiger partial charge in [-0.15, -0.1) is 0 Å². The topological polar surface area (TPSA) is 55.2 Å². The predicted octanol–water partition coefficient (Wildman–Crippen LogP) is 2.15. The largest absolute Gasteiger partial charge is 0.278 e. The van der Waals surface area contributed by atoms with E-state index < -0.39 is 0 Å². The summed E-state index contributed by atoms with van der Waals surface area (Å²) in [6.45, 7) is 4.41. The highest BCUT2D eigenvalue weighted by atomic mass is 16.2. The van der Waals surface area contributed by atoms with E-state index >= 15 is 0 Å². The van der Waals surface area contributed by atoms with E-state index in [4.69, 9.17) is 0 Å². The van der Waals surface area contributed by atoms with Gasteiger partial charge in [-0.3, -0.25) is 19.2 Å². The summed E-state index contributed by atoms with van der Waals surface area (Å²) in [5, 5.41) is 4.12. The number of hydrogen-bond acceptors (Lipinski definition) is 3. The van der Waals surface area contributed by atoms with Crippen LogP contribution in [0.2, 0.25) is 0 Å². The number of rotatable bonds is 4. The average molecular weight is 311 g/mol. The van der Waals surface area contributed by atoms with Crippen molar-refractivity contribution in [2.75, 3.05) is 0 Å². The fourth-order valence-corrected chi connectivity index (χ4v) is 3.28. The van der Waals surface area contributed by atoms with Gasteiger partial charge in [-0.1, -0.05) is 29.3 Å². The van der Waals surface area contributed by atoms with Crippen LogP contribution in [0, 0.1) is 19.8 Å². The van der Waals surface area contributed by atoms with Gasteiger partial charge in [0.2, 0.25) is 11.8 Å². The minimum absolute atomic E-state index is 0.0713. The van der Waals surface area contributed by atoms with Gasteiger partial charge in [0, 0.05) is 19.7 Å². The van der Waals surface area contributed by atoms with Crippen molar-refractivity contribution in [1.29, 1.82) is 0 Å². The van der Waals surface area contributed by atoms with Crippen molar-refractivity contribution in [3.05, 3.63) is 52.8 Å². The van der Waals surface area contributed by atoms with Gasteiger partial charge < -0.3 is 0 Å². The normalized spacial score (nSPS) is 18.0. The minimum Gasteiger partial charge on any atom is -0.278 e. The molecule has 0 saturated carbocycles. The molecular formula is C18H21N3O2. The molecule has 5 nitrogen and oxygen atoms in total. The molecule has 5 heteroatoms. The Labute approximate surface area is 135 Å². The van der Waals surface area contributed by atoms with Crippen molar-refractivity contribution in [2.24, 2.45) is 13.0 Å². The lowest BCUT2D eigenvalue weighted by atomic mass is 10.0. The highest BCUT2D eigenvalue weighted by Crippen LogP contribution is 2.25. The third-order valence-electron chi connectivity index (χ3n) is 4.20. The second-order valence-corrected chi connectivity index (χ2v) is 6.44. The van der Waals surface area contributed by atoms with Crippen LogP contribution in [0.25, 0.3) is 0 Å². The molecular weight excluding hydrogens is 290 g/mol. The van der Waals surface area contributed by atoms with Crippen LogP contribution in [-0.2, 0) is 29.6 Å². The number of amides is 2. The molecule has 1 aromatic heterocycles. The molecule has 1 atom stereocenters. The fourth-order valence-electron chi connectivity index (χ4n) is 3.28. The molecule has 0 N–H and O–H groups in total. The third-order valence-corrected chi connectivity index (χ3v) is 4.20. The van der Waals surface area contributed by atoms with Crippen LogP contribution in [-0.4, -0.2) is 26.5 Å². The third kappa shape index (κ3) is 3.33. The SMILES string of the molecule is Cc1cc(C)cc(CN2C(=O)CC(Cc3cnn(C)c3)C2=O)c1. The summed E-state index contributed by atoms with van der Waals surface area (Å²) in [7, 11) is 1.84. The van der Waals surface area contributed by atoms with Crippen LogP contribution < -0.4 is 0 Å². The molecule has 120 valence electrons. The highest BCUT2D eigenvalue weighted by molar-refractivity contribution is 6.03. The van der Waals surface area contributed by atoms with Gasteiger partial charge in [-0.25, -0.2) is 0 Å². The molecule has 1 aromatic carbocycles. The summed E-state index contributed by atoms with van der Waals surface area (Å²) in [6.07, 6.45) is 4.51. The van der Waals surface area contributed by atoms with E-state index in [-0.39, 0.29) is 17.7 Å². The lowest BCUT2D eigenvalue weighted by molar-refractivity contribution is -0.140. The molecule has 2 amide bonds. The maximum absolute atomic E-state index is 12.6. The molecule has 1 unspecified atom stereocenters. The number of likely N-dealkylation sites (tertiary alicyclic amines) is 1. The second-order valence-electron chi connectivity index (χ2n) is 6.44. The molecule has 0 aliphatic carbocycles. The van der Waals surface area contributed by atoms with Crippen molar-refractivity contribution in [1.82, 2.24) is 14.7 Å². The predicted molar refractivity (Wildman–Crippen MR) is 86.5 cm³/mol. The molecule has 0 radical (unpaired) electrons. The zero-order valence-electron chi connectivity index (χ0n) is 13.7. The lowest BCUT2D eigenvalue weighted by Crippen LogP contribution is -2.30. The Kier molecular flexibility index (Phi) is 4.03. The summed E-state index contributed by atoms with van der Waals surface area (Å²) in [5.74, 6) is -0.418. The van der Waals surface area contributed by atoms with Gasteiger partial charge in [0.1, 0.15) is 0 Å². The van der Waals surface area contributed by atoms with E-state index in [0.29, 0.717) is 19.4 Å². The summed E-state index contributed by atoms with van der Waals surface area (Å²) in [5.41, 5.74) is 4.29. The number of benzene rings is 1. The van der Waals surface area contributed by atoms with E-state index in [2.05, 4.69) is 11.2 Å². The Morgan fingerprint density at radius 1 is 1.13 bits per heavy atom. The number of aryl methyl sites for hydroxylation is 3. The van der Waals surface area contributed by atoms with Crippen molar-refractivity contribution in [3.63, 3.8) is 0 Å². The maximum Gasteiger partial charge on any atom is 0.233 e. The van der Waals surface area contributed by atoms with Crippen LogP contribution in [0.1, 0.15) is 28.7 Å². The average Bonchev–Trinajstić information content (AvgIpc) is 2.97. The molecule has 3 rings (SSSR count). The first-order valence-corrected chi connectivity index (χ1v) is 7.81. The summed E-state index contributed by atoms with van der Waals surface area (Å²) in [6, 6.07) is 6.15. The van der Waals surface area contributed by atoms with Gasteiger partial charge >= 0.3 is 0 Å². The Bertz CT molecular complexity index is 743. The van der Waals surface area contributed by atoms with Crippen molar-refractivity contribution in [3.8, 4) is 0 Å². The Morgan fingerprint density at radius 3 is 2.43 bits per heavy atom. The number of aromatic nitrogens is 2. The van der Waals surface area contributed by atoms with Gasteiger partial charge in [-0.05, 0) is 31.4 Å². The number of carbonyl (C=O) groups is 2. The number of imide groups is 1. The van der Waals surface area contributed by atoms with Crippen LogP contribution in [0.3, 0.4) is 0 Å². The Morgan fingerprint density at radius 2 is 1.83 bits per heavy atom. The summed E-state index contributed by atoms with van der Waals surface area (Å²) < 4.78 is 1.71. The molecule has 1 fully saturated rings. The van der Waals surface area contributed by atoms with Gasteiger partial charge in [0.05, 0.1) is 18.7 Å². The number of carbonyl (C=O) groups excluding carboxylic acids is 2. The summed E-state index contributed by atoms with van der Waals surface area (Å²) in [4.78, 5) is 26.2. The van der Waals surface area contributed by atoms with Crippen LogP contribution >= 0.6 is 0 Å². The molecule has 2 heterocycles. The van der Waals surface area contributed by atoms with E-state index in [1.54, 1.807) is 10.9 Å². The fraction of sp³-hybridized carbons (Fsp3) is 0.389. The first kappa shape index (κ1) is 15.5.